The molecule has 126 valence electrons. The zero-order valence-corrected chi connectivity index (χ0v) is 14.8. The number of benzene rings is 1. The lowest BCUT2D eigenvalue weighted by atomic mass is 9.57. The molecular weight excluding hydrogens is 292 g/mol. The van der Waals surface area contributed by atoms with Crippen LogP contribution < -0.4 is 0 Å². The van der Waals surface area contributed by atoms with Crippen LogP contribution >= 0.6 is 0 Å². The highest BCUT2D eigenvalue weighted by atomic mass is 16.5. The monoisotopic (exact) mass is 320 g/mol. The summed E-state index contributed by atoms with van der Waals surface area (Å²) in [5.41, 5.74) is 1.70. The van der Waals surface area contributed by atoms with Crippen molar-refractivity contribution >= 4 is 0 Å². The van der Waals surface area contributed by atoms with Crippen LogP contribution in [0.2, 0.25) is 0 Å². The minimum atomic E-state index is 0.192. The summed E-state index contributed by atoms with van der Waals surface area (Å²) < 4.78 is 5.42. The van der Waals surface area contributed by atoms with Crippen LogP contribution in [0.5, 0.6) is 0 Å². The molecule has 3 aliphatic carbocycles. The van der Waals surface area contributed by atoms with Crippen molar-refractivity contribution < 1.29 is 4.74 Å². The van der Waals surface area contributed by atoms with E-state index in [1.54, 1.807) is 7.11 Å². The van der Waals surface area contributed by atoms with E-state index in [1.807, 2.05) is 0 Å². The van der Waals surface area contributed by atoms with Crippen LogP contribution in [0, 0.1) is 23.7 Å². The Balaban J connectivity index is 1.74. The minimum absolute atomic E-state index is 0.192. The fourth-order valence-electron chi connectivity index (χ4n) is 5.16. The van der Waals surface area contributed by atoms with Crippen LogP contribution in [0.25, 0.3) is 0 Å². The quantitative estimate of drug-likeness (QED) is 0.637. The Labute approximate surface area is 146 Å². The molecule has 4 rings (SSSR count). The highest BCUT2D eigenvalue weighted by Crippen LogP contribution is 2.56. The summed E-state index contributed by atoms with van der Waals surface area (Å²) in [6, 6.07) is 11.2. The molecule has 1 nitrogen and oxygen atoms in total. The fourth-order valence-corrected chi connectivity index (χ4v) is 5.16. The molecule has 1 fully saturated rings. The summed E-state index contributed by atoms with van der Waals surface area (Å²) in [7, 11) is 1.76. The van der Waals surface area contributed by atoms with Crippen LogP contribution in [0.1, 0.15) is 38.2 Å². The molecule has 0 aliphatic heterocycles. The van der Waals surface area contributed by atoms with E-state index in [0.29, 0.717) is 11.8 Å². The number of rotatable bonds is 5. The van der Waals surface area contributed by atoms with E-state index < -0.39 is 0 Å². The fraction of sp³-hybridized carbons (Fsp3) is 0.478. The third-order valence-electron chi connectivity index (χ3n) is 6.65. The molecule has 5 atom stereocenters. The predicted molar refractivity (Wildman–Crippen MR) is 99.6 cm³/mol. The molecule has 0 N–H and O–H groups in total. The van der Waals surface area contributed by atoms with E-state index in [9.17, 15) is 0 Å². The number of methoxy groups -OCH3 is 1. The van der Waals surface area contributed by atoms with Crippen molar-refractivity contribution in [2.24, 2.45) is 23.7 Å². The lowest BCUT2D eigenvalue weighted by molar-refractivity contribution is 0.199. The third kappa shape index (κ3) is 2.55. The molecule has 1 heteroatoms. The second kappa shape index (κ2) is 6.27. The summed E-state index contributed by atoms with van der Waals surface area (Å²) in [5, 5.41) is 0. The van der Waals surface area contributed by atoms with Crippen molar-refractivity contribution in [2.75, 3.05) is 7.11 Å². The molecule has 0 saturated heterocycles. The van der Waals surface area contributed by atoms with Crippen LogP contribution in [0.4, 0.5) is 0 Å². The van der Waals surface area contributed by atoms with E-state index in [1.165, 1.54) is 24.8 Å². The molecule has 0 bridgehead atoms. The number of ether oxygens (including phenoxy) is 1. The van der Waals surface area contributed by atoms with Crippen molar-refractivity contribution in [1.82, 2.24) is 0 Å². The Kier molecular flexibility index (Phi) is 4.12. The van der Waals surface area contributed by atoms with E-state index >= 15 is 0 Å². The topological polar surface area (TPSA) is 9.23 Å². The second-order valence-corrected chi connectivity index (χ2v) is 7.66. The van der Waals surface area contributed by atoms with Gasteiger partial charge in [0.25, 0.3) is 0 Å². The summed E-state index contributed by atoms with van der Waals surface area (Å²) in [4.78, 5) is 0. The van der Waals surface area contributed by atoms with Gasteiger partial charge in [-0.2, -0.15) is 0 Å². The Bertz CT molecular complexity index is 669. The van der Waals surface area contributed by atoms with Crippen LogP contribution in [0.15, 0.2) is 66.5 Å². The first-order chi connectivity index (χ1) is 11.8. The second-order valence-electron chi connectivity index (χ2n) is 7.66. The van der Waals surface area contributed by atoms with E-state index in [4.69, 9.17) is 4.74 Å². The van der Waals surface area contributed by atoms with Gasteiger partial charge in [0.05, 0.1) is 7.11 Å². The lowest BCUT2D eigenvalue weighted by Gasteiger charge is -2.46. The van der Waals surface area contributed by atoms with Gasteiger partial charge in [0.1, 0.15) is 5.76 Å². The van der Waals surface area contributed by atoms with Gasteiger partial charge >= 0.3 is 0 Å². The Hall–Kier alpha value is -1.76. The van der Waals surface area contributed by atoms with Crippen LogP contribution in [-0.2, 0) is 10.2 Å². The largest absolute Gasteiger partial charge is 0.497 e. The van der Waals surface area contributed by atoms with E-state index in [-0.39, 0.29) is 5.41 Å². The first-order valence-corrected chi connectivity index (χ1v) is 9.44. The van der Waals surface area contributed by atoms with Gasteiger partial charge in [0.2, 0.25) is 0 Å². The van der Waals surface area contributed by atoms with Crippen LogP contribution in [-0.4, -0.2) is 7.11 Å². The van der Waals surface area contributed by atoms with Crippen LogP contribution in [0.3, 0.4) is 0 Å². The van der Waals surface area contributed by atoms with E-state index in [2.05, 4.69) is 67.6 Å². The Morgan fingerprint density at radius 1 is 1.04 bits per heavy atom. The first-order valence-electron chi connectivity index (χ1n) is 9.44. The van der Waals surface area contributed by atoms with Crippen molar-refractivity contribution in [3.8, 4) is 0 Å². The summed E-state index contributed by atoms with van der Waals surface area (Å²) in [5.74, 6) is 4.00. The molecule has 5 unspecified atom stereocenters. The first kappa shape index (κ1) is 15.7. The summed E-state index contributed by atoms with van der Waals surface area (Å²) in [6.07, 6.45) is 16.9. The normalized spacial score (nSPS) is 33.3. The molecule has 3 aliphatic rings. The molecule has 0 radical (unpaired) electrons. The summed E-state index contributed by atoms with van der Waals surface area (Å²) >= 11 is 0. The highest BCUT2D eigenvalue weighted by molar-refractivity contribution is 5.35. The standard InChI is InChI=1S/C23H28O/c1-3-23(19-7-5-4-6-8-19,20-11-13-22(24-2)14-12-20)21-10-9-17-15-18(17)16-21/h4-11,13-14,17-18,20-21H,3,12,15-16H2,1-2H3. The maximum absolute atomic E-state index is 5.42. The molecule has 1 aromatic carbocycles. The molecule has 1 aromatic rings. The molecule has 0 amide bonds. The molecule has 0 aromatic heterocycles. The maximum Gasteiger partial charge on any atom is 0.114 e. The van der Waals surface area contributed by atoms with Gasteiger partial charge in [-0.1, -0.05) is 55.5 Å². The number of allylic oxidation sites excluding steroid dienone is 5. The number of hydrogen-bond acceptors (Lipinski definition) is 1. The highest BCUT2D eigenvalue weighted by Gasteiger charge is 2.49. The Morgan fingerprint density at radius 3 is 2.50 bits per heavy atom. The van der Waals surface area contributed by atoms with Gasteiger partial charge in [-0.3, -0.25) is 0 Å². The zero-order valence-electron chi connectivity index (χ0n) is 14.8. The van der Waals surface area contributed by atoms with Crippen molar-refractivity contribution in [2.45, 2.75) is 38.0 Å². The molecule has 0 spiro atoms. The van der Waals surface area contributed by atoms with E-state index in [0.717, 1.165) is 24.0 Å². The number of hydrogen-bond donors (Lipinski definition) is 0. The molecule has 1 saturated carbocycles. The van der Waals surface area contributed by atoms with Gasteiger partial charge in [0.15, 0.2) is 0 Å². The third-order valence-corrected chi connectivity index (χ3v) is 6.65. The lowest BCUT2D eigenvalue weighted by Crippen LogP contribution is -2.42. The van der Waals surface area contributed by atoms with Gasteiger partial charge in [-0.25, -0.2) is 0 Å². The van der Waals surface area contributed by atoms with Crippen molar-refractivity contribution in [3.05, 3.63) is 72.0 Å². The van der Waals surface area contributed by atoms with Gasteiger partial charge in [-0.05, 0) is 67.1 Å². The predicted octanol–water partition coefficient (Wildman–Crippen LogP) is 5.65. The van der Waals surface area contributed by atoms with Gasteiger partial charge in [-0.15, -0.1) is 0 Å². The molecular formula is C23H28O. The van der Waals surface area contributed by atoms with Gasteiger partial charge < -0.3 is 4.74 Å². The minimum Gasteiger partial charge on any atom is -0.497 e. The van der Waals surface area contributed by atoms with Gasteiger partial charge in [0, 0.05) is 5.41 Å². The average Bonchev–Trinajstić information content (AvgIpc) is 3.43. The average molecular weight is 320 g/mol. The smallest absolute Gasteiger partial charge is 0.114 e. The van der Waals surface area contributed by atoms with Crippen molar-refractivity contribution in [3.63, 3.8) is 0 Å². The Morgan fingerprint density at radius 2 is 1.88 bits per heavy atom. The molecule has 0 heterocycles. The SMILES string of the molecule is CCC(c1ccccc1)(C1C=CC(OC)=CC1)C1C=CC2CC2C1. The zero-order chi connectivity index (χ0) is 16.6. The van der Waals surface area contributed by atoms with Crippen molar-refractivity contribution in [1.29, 1.82) is 0 Å². The summed E-state index contributed by atoms with van der Waals surface area (Å²) in [6.45, 7) is 2.38. The maximum atomic E-state index is 5.42. The molecule has 24 heavy (non-hydrogen) atoms. The number of fused-ring (bicyclic) bond motifs is 1.